The predicted octanol–water partition coefficient (Wildman–Crippen LogP) is 6.70. The van der Waals surface area contributed by atoms with E-state index in [0.717, 1.165) is 40.2 Å². The average molecular weight is 538 g/mol. The maximum absolute atomic E-state index is 13.4. The second kappa shape index (κ2) is 11.7. The molecule has 0 bridgehead atoms. The minimum Gasteiger partial charge on any atom is -0.495 e. The van der Waals surface area contributed by atoms with Gasteiger partial charge in [0.25, 0.3) is 5.91 Å². The maximum atomic E-state index is 13.4. The second-order valence-electron chi connectivity index (χ2n) is 10.9. The first kappa shape index (κ1) is 28.5. The number of nitrogens with two attached hydrogens (primary N) is 1. The monoisotopic (exact) mass is 537 g/mol. The zero-order valence-corrected chi connectivity index (χ0v) is 24.4. The van der Waals surface area contributed by atoms with Crippen molar-refractivity contribution < 1.29 is 9.53 Å². The van der Waals surface area contributed by atoms with Gasteiger partial charge in [-0.15, -0.1) is 0 Å². The molecule has 0 aliphatic rings. The summed E-state index contributed by atoms with van der Waals surface area (Å²) < 4.78 is 7.44. The van der Waals surface area contributed by atoms with Crippen molar-refractivity contribution in [2.45, 2.75) is 46.5 Å². The highest BCUT2D eigenvalue weighted by atomic mass is 16.5. The molecule has 7 heteroatoms. The lowest BCUT2D eigenvalue weighted by atomic mass is 9.87. The lowest BCUT2D eigenvalue weighted by Gasteiger charge is -2.22. The van der Waals surface area contributed by atoms with E-state index in [0.29, 0.717) is 22.7 Å². The van der Waals surface area contributed by atoms with Gasteiger partial charge in [0.15, 0.2) is 0 Å². The van der Waals surface area contributed by atoms with Gasteiger partial charge in [-0.05, 0) is 66.3 Å². The van der Waals surface area contributed by atoms with Gasteiger partial charge >= 0.3 is 0 Å². The van der Waals surface area contributed by atoms with Crippen molar-refractivity contribution in [1.82, 2.24) is 9.78 Å². The number of ether oxygens (including phenoxy) is 1. The molecule has 0 radical (unpaired) electrons. The van der Waals surface area contributed by atoms with Crippen LogP contribution in [0.3, 0.4) is 0 Å². The van der Waals surface area contributed by atoms with E-state index in [4.69, 9.17) is 10.5 Å². The highest BCUT2D eigenvalue weighted by molar-refractivity contribution is 6.05. The summed E-state index contributed by atoms with van der Waals surface area (Å²) in [6.07, 6.45) is 4.46. The Morgan fingerprint density at radius 2 is 1.82 bits per heavy atom. The third kappa shape index (κ3) is 6.04. The first-order valence-electron chi connectivity index (χ1n) is 13.5. The summed E-state index contributed by atoms with van der Waals surface area (Å²) in [6.45, 7) is 10.5. The van der Waals surface area contributed by atoms with Crippen molar-refractivity contribution in [2.75, 3.05) is 24.4 Å². The van der Waals surface area contributed by atoms with E-state index < -0.39 is 0 Å². The lowest BCUT2D eigenvalue weighted by Crippen LogP contribution is -2.17. The number of nitrogens with zero attached hydrogens (tertiary/aromatic N) is 3. The van der Waals surface area contributed by atoms with Gasteiger partial charge in [0, 0.05) is 30.1 Å². The molecule has 0 aliphatic heterocycles. The van der Waals surface area contributed by atoms with E-state index in [1.165, 1.54) is 0 Å². The van der Waals surface area contributed by atoms with Crippen LogP contribution in [0.1, 0.15) is 60.4 Å². The van der Waals surface area contributed by atoms with E-state index in [9.17, 15) is 4.79 Å². The van der Waals surface area contributed by atoms with Crippen LogP contribution in [0.4, 0.5) is 11.4 Å². The third-order valence-corrected chi connectivity index (χ3v) is 7.01. The van der Waals surface area contributed by atoms with Crippen LogP contribution in [0.2, 0.25) is 0 Å². The van der Waals surface area contributed by atoms with Gasteiger partial charge in [-0.3, -0.25) is 4.79 Å². The number of amides is 1. The average Bonchev–Trinajstić information content (AvgIpc) is 3.37. The van der Waals surface area contributed by atoms with E-state index in [-0.39, 0.29) is 11.3 Å². The van der Waals surface area contributed by atoms with Gasteiger partial charge in [-0.25, -0.2) is 4.68 Å². The Balaban J connectivity index is 1.61. The highest BCUT2D eigenvalue weighted by Crippen LogP contribution is 2.32. The Morgan fingerprint density at radius 1 is 1.10 bits per heavy atom. The molecule has 0 saturated heterocycles. The number of aromatic nitrogens is 2. The van der Waals surface area contributed by atoms with Crippen molar-refractivity contribution in [3.8, 4) is 11.4 Å². The van der Waals surface area contributed by atoms with Crippen LogP contribution in [0.5, 0.6) is 5.75 Å². The fourth-order valence-electron chi connectivity index (χ4n) is 4.69. The van der Waals surface area contributed by atoms with Crippen LogP contribution < -0.4 is 20.7 Å². The molecule has 4 rings (SSSR count). The minimum atomic E-state index is -0.214. The number of rotatable bonds is 8. The third-order valence-electron chi connectivity index (χ3n) is 7.01. The molecule has 3 aromatic carbocycles. The van der Waals surface area contributed by atoms with Gasteiger partial charge in [0.05, 0.1) is 36.1 Å². The van der Waals surface area contributed by atoms with E-state index >= 15 is 0 Å². The normalized spacial score (nSPS) is 11.8. The molecule has 40 heavy (non-hydrogen) atoms. The van der Waals surface area contributed by atoms with E-state index in [1.54, 1.807) is 13.3 Å². The molecule has 0 aliphatic carbocycles. The van der Waals surface area contributed by atoms with Crippen molar-refractivity contribution in [3.05, 3.63) is 107 Å². The highest BCUT2D eigenvalue weighted by Gasteiger charge is 2.19. The largest absolute Gasteiger partial charge is 0.495 e. The molecule has 4 aromatic rings. The topological polar surface area (TPSA) is 85.4 Å². The molecule has 7 nitrogen and oxygen atoms in total. The van der Waals surface area contributed by atoms with E-state index in [2.05, 4.69) is 38.1 Å². The number of hydrogen-bond acceptors (Lipinski definition) is 5. The zero-order valence-electron chi connectivity index (χ0n) is 24.4. The summed E-state index contributed by atoms with van der Waals surface area (Å²) >= 11 is 0. The summed E-state index contributed by atoms with van der Waals surface area (Å²) in [4.78, 5) is 15.3. The predicted molar refractivity (Wildman–Crippen MR) is 164 cm³/mol. The van der Waals surface area contributed by atoms with Crippen LogP contribution in [0.15, 0.2) is 79.1 Å². The summed E-state index contributed by atoms with van der Waals surface area (Å²) in [5.41, 5.74) is 14.2. The molecule has 1 aromatic heterocycles. The van der Waals surface area contributed by atoms with Crippen molar-refractivity contribution in [1.29, 1.82) is 0 Å². The van der Waals surface area contributed by atoms with Crippen molar-refractivity contribution >= 4 is 23.0 Å². The summed E-state index contributed by atoms with van der Waals surface area (Å²) in [7, 11) is 3.53. The molecule has 0 spiro atoms. The maximum Gasteiger partial charge on any atom is 0.255 e. The minimum absolute atomic E-state index is 0.0625. The standard InChI is InChI=1S/C33H39N5O2/c1-8-29-26(20-35-38(29)25-12-10-9-11-13-25)27(34)21-37(6)30-18-23(15-14-22(30)2)32(39)36-28-19-24(33(3,4)5)16-17-31(28)40-7/h9-21H,8,34H2,1-7H3,(H,36,39)/b27-21-. The SMILES string of the molecule is CCc1c(/C(N)=C/N(C)c2cc(C(=O)Nc3cc(C(C)(C)C)ccc3OC)ccc2C)cnn1-c1ccccc1. The molecule has 3 N–H and O–H groups in total. The van der Waals surface area contributed by atoms with Crippen LogP contribution in [0, 0.1) is 6.92 Å². The van der Waals surface area contributed by atoms with Gasteiger partial charge in [0.1, 0.15) is 5.75 Å². The number of benzene rings is 3. The van der Waals surface area contributed by atoms with Gasteiger partial charge in [-0.2, -0.15) is 5.10 Å². The zero-order chi connectivity index (χ0) is 29.0. The molecule has 208 valence electrons. The Hall–Kier alpha value is -4.52. The number of aryl methyl sites for hydroxylation is 1. The summed E-state index contributed by atoms with van der Waals surface area (Å²) in [5, 5.41) is 7.64. The quantitative estimate of drug-likeness (QED) is 0.261. The van der Waals surface area contributed by atoms with E-state index in [1.807, 2.05) is 96.5 Å². The molecule has 0 atom stereocenters. The molecule has 1 heterocycles. The van der Waals surface area contributed by atoms with Crippen molar-refractivity contribution in [3.63, 3.8) is 0 Å². The van der Waals surface area contributed by atoms with Gasteiger partial charge in [0.2, 0.25) is 0 Å². The molecule has 0 fully saturated rings. The fourth-order valence-corrected chi connectivity index (χ4v) is 4.69. The number of anilines is 2. The Labute approximate surface area is 237 Å². The van der Waals surface area contributed by atoms with Crippen molar-refractivity contribution in [2.24, 2.45) is 5.73 Å². The number of carbonyl (C=O) groups is 1. The van der Waals surface area contributed by atoms with Crippen LogP contribution in [0.25, 0.3) is 11.4 Å². The second-order valence-corrected chi connectivity index (χ2v) is 10.9. The molecular weight excluding hydrogens is 498 g/mol. The van der Waals surface area contributed by atoms with Gasteiger partial charge < -0.3 is 20.7 Å². The molecule has 0 saturated carbocycles. The molecule has 1 amide bonds. The number of para-hydroxylation sites is 1. The first-order chi connectivity index (χ1) is 19.0. The Morgan fingerprint density at radius 3 is 2.48 bits per heavy atom. The number of nitrogens with one attached hydrogen (secondary N) is 1. The molecule has 0 unspecified atom stereocenters. The van der Waals surface area contributed by atoms with Crippen LogP contribution >= 0.6 is 0 Å². The smallest absolute Gasteiger partial charge is 0.255 e. The van der Waals surface area contributed by atoms with Gasteiger partial charge in [-0.1, -0.05) is 58.0 Å². The summed E-state index contributed by atoms with van der Waals surface area (Å²) in [5.74, 6) is 0.401. The lowest BCUT2D eigenvalue weighted by molar-refractivity contribution is 0.102. The van der Waals surface area contributed by atoms with Crippen LogP contribution in [-0.4, -0.2) is 29.8 Å². The Bertz CT molecular complexity index is 1530. The number of carbonyl (C=O) groups excluding carboxylic acids is 1. The number of methoxy groups -OCH3 is 1. The van der Waals surface area contributed by atoms with Crippen LogP contribution in [-0.2, 0) is 11.8 Å². The number of hydrogen-bond donors (Lipinski definition) is 2. The molecular formula is C33H39N5O2. The first-order valence-corrected chi connectivity index (χ1v) is 13.5. The Kier molecular flexibility index (Phi) is 8.33. The summed E-state index contributed by atoms with van der Waals surface area (Å²) in [6, 6.07) is 21.6. The fraction of sp³-hybridized carbons (Fsp3) is 0.273.